The number of rotatable bonds is 9. The Morgan fingerprint density at radius 2 is 1.91 bits per heavy atom. The molecule has 0 saturated carbocycles. The van der Waals surface area contributed by atoms with Gasteiger partial charge in [0.15, 0.2) is 11.6 Å². The number of nitrogens with zero attached hydrogens (tertiary/aromatic N) is 4. The largest absolute Gasteiger partial charge is 0.497 e. The maximum absolute atomic E-state index is 12.9. The molecule has 2 aromatic heterocycles. The number of methoxy groups -OCH3 is 2. The third kappa shape index (κ3) is 5.16. The number of anilines is 3. The van der Waals surface area contributed by atoms with Gasteiger partial charge in [-0.1, -0.05) is 0 Å². The number of imidazole rings is 1. The quantitative estimate of drug-likeness (QED) is 0.351. The summed E-state index contributed by atoms with van der Waals surface area (Å²) < 4.78 is 43.0. The number of hydrogen-bond acceptors (Lipinski definition) is 8. The monoisotopic (exact) mass is 480 g/mol. The zero-order chi connectivity index (χ0) is 24.9. The highest BCUT2D eigenvalue weighted by atomic mass is 19.3. The molecule has 35 heavy (non-hydrogen) atoms. The number of pyridine rings is 1. The molecule has 0 saturated heterocycles. The lowest BCUT2D eigenvalue weighted by molar-refractivity contribution is -0.0493. The fraction of sp³-hybridized carbons (Fsp3) is 0.208. The van der Waals surface area contributed by atoms with Crippen LogP contribution in [-0.2, 0) is 13.6 Å². The number of fused-ring (bicyclic) bond motifs is 1. The van der Waals surface area contributed by atoms with Gasteiger partial charge in [0.25, 0.3) is 0 Å². The van der Waals surface area contributed by atoms with Crippen LogP contribution in [0.4, 0.5) is 26.1 Å². The van der Waals surface area contributed by atoms with Crippen molar-refractivity contribution in [3.05, 3.63) is 59.9 Å². The van der Waals surface area contributed by atoms with Crippen molar-refractivity contribution < 1.29 is 23.0 Å². The molecule has 2 N–H and O–H groups in total. The Bertz CT molecular complexity index is 1400. The van der Waals surface area contributed by atoms with E-state index < -0.39 is 6.61 Å². The smallest absolute Gasteiger partial charge is 0.387 e. The van der Waals surface area contributed by atoms with Crippen molar-refractivity contribution >= 4 is 28.4 Å². The third-order valence-electron chi connectivity index (χ3n) is 5.24. The summed E-state index contributed by atoms with van der Waals surface area (Å²) >= 11 is 0. The first kappa shape index (κ1) is 23.6. The van der Waals surface area contributed by atoms with Gasteiger partial charge < -0.3 is 29.4 Å². The Labute approximate surface area is 199 Å². The molecule has 0 aliphatic heterocycles. The second-order valence-electron chi connectivity index (χ2n) is 7.44. The average Bonchev–Trinajstić information content (AvgIpc) is 3.23. The molecule has 0 atom stereocenters. The van der Waals surface area contributed by atoms with Crippen molar-refractivity contribution in [2.45, 2.75) is 13.2 Å². The summed E-state index contributed by atoms with van der Waals surface area (Å²) in [7, 11) is 5.00. The lowest BCUT2D eigenvalue weighted by Crippen LogP contribution is -2.07. The van der Waals surface area contributed by atoms with E-state index in [1.54, 1.807) is 32.7 Å². The second kappa shape index (κ2) is 10.1. The van der Waals surface area contributed by atoms with Crippen LogP contribution in [0.1, 0.15) is 11.1 Å². The lowest BCUT2D eigenvalue weighted by atomic mass is 10.2. The van der Waals surface area contributed by atoms with Crippen LogP contribution >= 0.6 is 0 Å². The summed E-state index contributed by atoms with van der Waals surface area (Å²) in [5.41, 5.74) is 2.70. The molecule has 2 heterocycles. The third-order valence-corrected chi connectivity index (χ3v) is 5.24. The van der Waals surface area contributed by atoms with Crippen LogP contribution in [-0.4, -0.2) is 35.4 Å². The Morgan fingerprint density at radius 1 is 1.09 bits per heavy atom. The molecule has 4 aromatic rings. The summed E-state index contributed by atoms with van der Waals surface area (Å²) in [5, 5.41) is 15.4. The van der Waals surface area contributed by atoms with Crippen molar-refractivity contribution in [1.29, 1.82) is 5.26 Å². The normalized spacial score (nSPS) is 10.8. The van der Waals surface area contributed by atoms with E-state index in [-0.39, 0.29) is 17.0 Å². The molecular weight excluding hydrogens is 458 g/mol. The Morgan fingerprint density at radius 3 is 2.63 bits per heavy atom. The van der Waals surface area contributed by atoms with Gasteiger partial charge in [-0.15, -0.1) is 0 Å². The molecule has 0 bridgehead atoms. The van der Waals surface area contributed by atoms with E-state index >= 15 is 0 Å². The SMILES string of the molecule is COc1ccc(CNc2nc(Nc3ccc(C#N)cc3OC(F)F)cc3c2ncn3C)c(OC)c1. The van der Waals surface area contributed by atoms with Crippen LogP contribution in [0.25, 0.3) is 11.0 Å². The first-order valence-corrected chi connectivity index (χ1v) is 10.4. The number of nitriles is 1. The first-order chi connectivity index (χ1) is 16.9. The van der Waals surface area contributed by atoms with Gasteiger partial charge in [-0.05, 0) is 24.3 Å². The average molecular weight is 480 g/mol. The highest BCUT2D eigenvalue weighted by molar-refractivity contribution is 5.89. The number of benzene rings is 2. The van der Waals surface area contributed by atoms with Crippen molar-refractivity contribution in [3.8, 4) is 23.3 Å². The predicted molar refractivity (Wildman–Crippen MR) is 126 cm³/mol. The van der Waals surface area contributed by atoms with Gasteiger partial charge in [-0.25, -0.2) is 9.97 Å². The van der Waals surface area contributed by atoms with Crippen LogP contribution in [0, 0.1) is 11.3 Å². The summed E-state index contributed by atoms with van der Waals surface area (Å²) in [5.74, 6) is 2.01. The van der Waals surface area contributed by atoms with Crippen molar-refractivity contribution in [3.63, 3.8) is 0 Å². The fourth-order valence-electron chi connectivity index (χ4n) is 3.52. The van der Waals surface area contributed by atoms with E-state index in [0.717, 1.165) is 11.1 Å². The number of alkyl halides is 2. The first-order valence-electron chi connectivity index (χ1n) is 10.4. The molecule has 180 valence electrons. The Kier molecular flexibility index (Phi) is 6.82. The van der Waals surface area contributed by atoms with Crippen LogP contribution in [0.15, 0.2) is 48.8 Å². The van der Waals surface area contributed by atoms with Crippen molar-refractivity contribution in [2.75, 3.05) is 24.9 Å². The van der Waals surface area contributed by atoms with Gasteiger partial charge in [-0.2, -0.15) is 14.0 Å². The van der Waals surface area contributed by atoms with Crippen LogP contribution in [0.5, 0.6) is 17.2 Å². The van der Waals surface area contributed by atoms with Crippen molar-refractivity contribution in [1.82, 2.24) is 14.5 Å². The zero-order valence-corrected chi connectivity index (χ0v) is 19.2. The fourth-order valence-corrected chi connectivity index (χ4v) is 3.52. The Hall–Kier alpha value is -4.59. The molecule has 0 aliphatic carbocycles. The summed E-state index contributed by atoms with van der Waals surface area (Å²) in [6, 6.07) is 13.4. The number of aryl methyl sites for hydroxylation is 1. The zero-order valence-electron chi connectivity index (χ0n) is 19.2. The highest BCUT2D eigenvalue weighted by Gasteiger charge is 2.15. The number of halogens is 2. The van der Waals surface area contributed by atoms with E-state index in [4.69, 9.17) is 14.7 Å². The molecule has 0 aliphatic rings. The number of nitrogens with one attached hydrogen (secondary N) is 2. The van der Waals surface area contributed by atoms with Gasteiger partial charge in [-0.3, -0.25) is 0 Å². The molecule has 0 unspecified atom stereocenters. The van der Waals surface area contributed by atoms with Crippen LogP contribution < -0.4 is 24.8 Å². The molecule has 0 spiro atoms. The molecule has 4 rings (SSSR count). The summed E-state index contributed by atoms with van der Waals surface area (Å²) in [6.45, 7) is -2.67. The maximum atomic E-state index is 12.9. The molecule has 9 nitrogen and oxygen atoms in total. The number of aromatic nitrogens is 3. The van der Waals surface area contributed by atoms with Crippen molar-refractivity contribution in [2.24, 2.45) is 7.05 Å². The Balaban J connectivity index is 1.67. The van der Waals surface area contributed by atoms with Crippen LogP contribution in [0.2, 0.25) is 0 Å². The minimum Gasteiger partial charge on any atom is -0.497 e. The topological polar surface area (TPSA) is 106 Å². The standard InChI is InChI=1S/C24H22F2N6O3/c1-32-13-29-22-18(32)10-21(30-17-7-4-14(11-27)8-20(17)35-24(25)26)31-23(22)28-12-15-5-6-16(33-2)9-19(15)34-3/h4-10,13,24H,12H2,1-3H3,(H2,28,30,31). The molecular formula is C24H22F2N6O3. The predicted octanol–water partition coefficient (Wildman–Crippen LogP) is 4.81. The minimum atomic E-state index is -3.05. The number of ether oxygens (including phenoxy) is 3. The van der Waals surface area contributed by atoms with E-state index in [1.165, 1.54) is 18.2 Å². The minimum absolute atomic E-state index is 0.163. The molecule has 11 heteroatoms. The second-order valence-corrected chi connectivity index (χ2v) is 7.44. The highest BCUT2D eigenvalue weighted by Crippen LogP contribution is 2.32. The molecule has 0 radical (unpaired) electrons. The number of hydrogen-bond donors (Lipinski definition) is 2. The summed E-state index contributed by atoms with van der Waals surface area (Å²) in [6.07, 6.45) is 1.66. The lowest BCUT2D eigenvalue weighted by Gasteiger charge is -2.15. The van der Waals surface area contributed by atoms with E-state index in [0.29, 0.717) is 35.2 Å². The van der Waals surface area contributed by atoms with Gasteiger partial charge in [0.1, 0.15) is 22.8 Å². The van der Waals surface area contributed by atoms with Gasteiger partial charge in [0.2, 0.25) is 0 Å². The van der Waals surface area contributed by atoms with Gasteiger partial charge >= 0.3 is 6.61 Å². The molecule has 0 fully saturated rings. The molecule has 2 aromatic carbocycles. The van der Waals surface area contributed by atoms with Gasteiger partial charge in [0, 0.05) is 37.4 Å². The summed E-state index contributed by atoms with van der Waals surface area (Å²) in [4.78, 5) is 9.03. The van der Waals surface area contributed by atoms with E-state index in [2.05, 4.69) is 25.3 Å². The molecule has 0 amide bonds. The van der Waals surface area contributed by atoms with Crippen LogP contribution in [0.3, 0.4) is 0 Å². The van der Waals surface area contributed by atoms with E-state index in [1.807, 2.05) is 29.8 Å². The maximum Gasteiger partial charge on any atom is 0.387 e. The van der Waals surface area contributed by atoms with E-state index in [9.17, 15) is 8.78 Å². The van der Waals surface area contributed by atoms with Gasteiger partial charge in [0.05, 0.1) is 43.4 Å².